The minimum absolute atomic E-state index is 0. The van der Waals surface area contributed by atoms with Crippen molar-refractivity contribution in [2.45, 2.75) is 31.9 Å². The highest BCUT2D eigenvalue weighted by molar-refractivity contribution is 5.85. The first-order valence-electron chi connectivity index (χ1n) is 6.05. The van der Waals surface area contributed by atoms with Crippen LogP contribution in [-0.4, -0.2) is 57.6 Å². The van der Waals surface area contributed by atoms with Crippen molar-refractivity contribution in [2.75, 3.05) is 6.54 Å². The van der Waals surface area contributed by atoms with Gasteiger partial charge in [0, 0.05) is 6.92 Å². The van der Waals surface area contributed by atoms with Crippen molar-refractivity contribution >= 4 is 36.3 Å². The van der Waals surface area contributed by atoms with Gasteiger partial charge in [0.1, 0.15) is 0 Å². The van der Waals surface area contributed by atoms with E-state index in [4.69, 9.17) is 33.5 Å². The number of ether oxygens (including phenoxy) is 1. The third kappa shape index (κ3) is 20.0. The van der Waals surface area contributed by atoms with E-state index < -0.39 is 47.3 Å². The molecule has 0 aromatic rings. The number of halogens is 1. The molecule has 14 heteroatoms. The largest absolute Gasteiger partial charge is 0.548 e. The molecule has 0 saturated carbocycles. The fourth-order valence-corrected chi connectivity index (χ4v) is 1.20. The second-order valence-electron chi connectivity index (χ2n) is 4.53. The molecular formula is C10H22ClN5O8. The van der Waals surface area contributed by atoms with Gasteiger partial charge in [0.25, 0.3) is 0 Å². The molecule has 0 heterocycles. The average Bonchev–Trinajstić information content (AvgIpc) is 2.23. The number of carbonyl (C=O) groups is 4. The first-order valence-corrected chi connectivity index (χ1v) is 6.05. The number of rotatable bonds is 8. The number of nitrogens with zero attached hydrogens (tertiary/aromatic N) is 1. The van der Waals surface area contributed by atoms with Crippen LogP contribution in [0.4, 0.5) is 0 Å². The zero-order valence-electron chi connectivity index (χ0n) is 12.8. The molecule has 0 aliphatic carbocycles. The summed E-state index contributed by atoms with van der Waals surface area (Å²) < 4.78 is 4.66. The van der Waals surface area contributed by atoms with E-state index in [0.29, 0.717) is 0 Å². The molecular weight excluding hydrogens is 354 g/mol. The quantitative estimate of drug-likeness (QED) is 0.102. The van der Waals surface area contributed by atoms with Gasteiger partial charge >= 0.3 is 17.9 Å². The fourth-order valence-electron chi connectivity index (χ4n) is 1.20. The topological polar surface area (TPSA) is 245 Å². The molecule has 142 valence electrons. The van der Waals surface area contributed by atoms with Crippen LogP contribution in [0.3, 0.4) is 0 Å². The van der Waals surface area contributed by atoms with Crippen molar-refractivity contribution in [3.05, 3.63) is 0 Å². The molecule has 0 aromatic heterocycles. The Morgan fingerprint density at radius 3 is 1.71 bits per heavy atom. The number of nitrogens with two attached hydrogens (primary N) is 4. The van der Waals surface area contributed by atoms with Gasteiger partial charge in [0.05, 0.1) is 24.9 Å². The molecule has 0 bridgehead atoms. The number of hydrogen-bond donors (Lipinski definition) is 6. The van der Waals surface area contributed by atoms with Crippen LogP contribution in [0.2, 0.25) is 0 Å². The number of hydrogen-bond acceptors (Lipinski definition) is 10. The van der Waals surface area contributed by atoms with Crippen molar-refractivity contribution < 1.29 is 44.0 Å². The van der Waals surface area contributed by atoms with Crippen molar-refractivity contribution in [3.63, 3.8) is 0 Å². The molecule has 0 amide bonds. The van der Waals surface area contributed by atoms with Crippen molar-refractivity contribution in [1.29, 1.82) is 0 Å². The maximum absolute atomic E-state index is 10.6. The van der Waals surface area contributed by atoms with Crippen LogP contribution in [0.15, 0.2) is 0 Å². The lowest BCUT2D eigenvalue weighted by Gasteiger charge is -2.23. The van der Waals surface area contributed by atoms with E-state index in [9.17, 15) is 24.3 Å². The Hall–Kier alpha value is -2.03. The molecule has 0 fully saturated rings. The highest BCUT2D eigenvalue weighted by Crippen LogP contribution is 2.01. The maximum Gasteiger partial charge on any atom is 0.307 e. The Bertz CT molecular complexity index is 425. The van der Waals surface area contributed by atoms with Crippen molar-refractivity contribution in [1.82, 2.24) is 0 Å². The Morgan fingerprint density at radius 1 is 1.08 bits per heavy atom. The summed E-state index contributed by atoms with van der Waals surface area (Å²) in [4.78, 5) is 39.5. The summed E-state index contributed by atoms with van der Waals surface area (Å²) in [6.07, 6.45) is -1.90. The van der Waals surface area contributed by atoms with Gasteiger partial charge in [-0.3, -0.25) is 14.4 Å². The minimum atomic E-state index is -1.54. The van der Waals surface area contributed by atoms with E-state index in [-0.39, 0.29) is 25.4 Å². The summed E-state index contributed by atoms with van der Waals surface area (Å²) >= 11 is 0. The molecule has 0 spiro atoms. The summed E-state index contributed by atoms with van der Waals surface area (Å²) in [6, 6.07) is -1.40. The molecule has 0 saturated heterocycles. The van der Waals surface area contributed by atoms with Gasteiger partial charge in [-0.2, -0.15) is 0 Å². The van der Waals surface area contributed by atoms with E-state index in [0.717, 1.165) is 6.92 Å². The maximum atomic E-state index is 10.6. The molecule has 0 radical (unpaired) electrons. The normalized spacial score (nSPS) is 12.5. The number of carboxylic acids is 3. The second kappa shape index (κ2) is 12.4. The first kappa shape index (κ1) is 26.8. The van der Waals surface area contributed by atoms with Crippen LogP contribution in [0, 0.1) is 0 Å². The predicted octanol–water partition coefficient (Wildman–Crippen LogP) is -4.21. The van der Waals surface area contributed by atoms with Gasteiger partial charge in [0.2, 0.25) is 0 Å². The highest BCUT2D eigenvalue weighted by Gasteiger charge is 2.25. The van der Waals surface area contributed by atoms with Crippen LogP contribution < -0.4 is 28.4 Å². The summed E-state index contributed by atoms with van der Waals surface area (Å²) in [5, 5.41) is 26.2. The molecule has 0 unspecified atom stereocenters. The van der Waals surface area contributed by atoms with Crippen LogP contribution >= 0.6 is 12.4 Å². The van der Waals surface area contributed by atoms with Crippen molar-refractivity contribution in [3.8, 4) is 0 Å². The molecule has 0 aliphatic rings. The molecule has 0 aromatic carbocycles. The lowest BCUT2D eigenvalue weighted by atomic mass is 10.2. The number of esters is 1. The van der Waals surface area contributed by atoms with Gasteiger partial charge in [0.15, 0.2) is 12.6 Å². The first-order chi connectivity index (χ1) is 10.2. The Morgan fingerprint density at radius 2 is 1.50 bits per heavy atom. The van der Waals surface area contributed by atoms with Gasteiger partial charge in [-0.1, -0.05) is 0 Å². The number of quaternary nitrogens is 1. The fraction of sp³-hybridized carbons (Fsp3) is 0.600. The number of carboxylic acid groups (broad SMARTS) is 3. The summed E-state index contributed by atoms with van der Waals surface area (Å²) in [5.41, 5.74) is 4.77. The molecule has 13 nitrogen and oxygen atoms in total. The van der Waals surface area contributed by atoms with E-state index in [2.05, 4.69) is 4.74 Å². The third-order valence-corrected chi connectivity index (χ3v) is 1.95. The SMILES string of the molecule is CC(=O)O[C@@H](CC(=O)O)C[N+](N)(N)N.Cl.N[C@H](CC(=O)O)C(=O)[O-]. The lowest BCUT2D eigenvalue weighted by Crippen LogP contribution is -2.68. The van der Waals surface area contributed by atoms with E-state index in [1.165, 1.54) is 0 Å². The lowest BCUT2D eigenvalue weighted by molar-refractivity contribution is -0.965. The van der Waals surface area contributed by atoms with E-state index in [1.54, 1.807) is 0 Å². The second-order valence-corrected chi connectivity index (χ2v) is 4.53. The zero-order chi connectivity index (χ0) is 18.8. The van der Waals surface area contributed by atoms with E-state index >= 15 is 0 Å². The molecule has 2 atom stereocenters. The zero-order valence-corrected chi connectivity index (χ0v) is 13.6. The molecule has 0 rings (SSSR count). The van der Waals surface area contributed by atoms with Crippen LogP contribution in [0.25, 0.3) is 0 Å². The third-order valence-electron chi connectivity index (χ3n) is 1.95. The van der Waals surface area contributed by atoms with E-state index in [1.807, 2.05) is 0 Å². The molecule has 10 N–H and O–H groups in total. The number of aliphatic carboxylic acids is 3. The van der Waals surface area contributed by atoms with Crippen LogP contribution in [0.5, 0.6) is 0 Å². The smallest absolute Gasteiger partial charge is 0.307 e. The van der Waals surface area contributed by atoms with Gasteiger partial charge in [-0.05, 0) is 0 Å². The van der Waals surface area contributed by atoms with Gasteiger partial charge < -0.3 is 30.6 Å². The Balaban J connectivity index is -0.000000385. The van der Waals surface area contributed by atoms with Gasteiger partial charge in [-0.15, -0.1) is 34.7 Å². The summed E-state index contributed by atoms with van der Waals surface area (Å²) in [7, 11) is 0. The average molecular weight is 376 g/mol. The Labute approximate surface area is 143 Å². The van der Waals surface area contributed by atoms with Crippen LogP contribution in [-0.2, 0) is 23.9 Å². The minimum Gasteiger partial charge on any atom is -0.548 e. The Kier molecular flexibility index (Phi) is 13.9. The molecule has 0 aliphatic heterocycles. The van der Waals surface area contributed by atoms with Gasteiger partial charge in [-0.25, -0.2) is 0 Å². The predicted molar refractivity (Wildman–Crippen MR) is 78.0 cm³/mol. The summed E-state index contributed by atoms with van der Waals surface area (Å²) in [5.74, 6) is 11.1. The highest BCUT2D eigenvalue weighted by atomic mass is 35.5. The monoisotopic (exact) mass is 375 g/mol. The number of carbonyl (C=O) groups excluding carboxylic acids is 2. The van der Waals surface area contributed by atoms with Crippen LogP contribution in [0.1, 0.15) is 19.8 Å². The standard InChI is InChI=1S/C6H14N4O4.C4H7NO4.ClH/c1-4(11)14-5(2-6(12)13)3-10(7,8)9;5-2(4(8)9)1-3(6)7;/h5H,2-3,7-9H2,1H3;2H,1,5H2,(H,6,7)(H,8,9);1H/t5-;2-;/m01./s1. The molecule has 24 heavy (non-hydrogen) atoms. The van der Waals surface area contributed by atoms with Crippen molar-refractivity contribution in [2.24, 2.45) is 23.3 Å². The summed E-state index contributed by atoms with van der Waals surface area (Å²) in [6.45, 7) is 0.985.